The van der Waals surface area contributed by atoms with Gasteiger partial charge in [-0.1, -0.05) is 0 Å². The van der Waals surface area contributed by atoms with Crippen molar-refractivity contribution in [3.05, 3.63) is 34.4 Å². The summed E-state index contributed by atoms with van der Waals surface area (Å²) in [7, 11) is 0. The van der Waals surface area contributed by atoms with Gasteiger partial charge < -0.3 is 35.4 Å². The van der Waals surface area contributed by atoms with Crippen molar-refractivity contribution in [2.24, 2.45) is 4.99 Å². The van der Waals surface area contributed by atoms with E-state index in [4.69, 9.17) is 9.47 Å². The molecular weight excluding hydrogens is 340 g/mol. The molecule has 0 aromatic heterocycles. The maximum atomic E-state index is 11.2. The molecule has 11 nitrogen and oxygen atoms in total. The lowest BCUT2D eigenvalue weighted by Gasteiger charge is -2.40. The van der Waals surface area contributed by atoms with Gasteiger partial charge in [0.15, 0.2) is 0 Å². The van der Waals surface area contributed by atoms with Gasteiger partial charge in [-0.3, -0.25) is 15.1 Å². The van der Waals surface area contributed by atoms with Crippen LogP contribution < -0.4 is 9.84 Å². The molecule has 11 heteroatoms. The molecule has 0 unspecified atom stereocenters. The highest BCUT2D eigenvalue weighted by Crippen LogP contribution is 2.27. The van der Waals surface area contributed by atoms with Crippen molar-refractivity contribution >= 4 is 11.6 Å². The Hall–Kier alpha value is -2.31. The Labute approximate surface area is 142 Å². The lowest BCUT2D eigenvalue weighted by Crippen LogP contribution is -2.59. The molecule has 0 amide bonds. The molecule has 5 atom stereocenters. The van der Waals surface area contributed by atoms with E-state index in [0.717, 1.165) is 0 Å². The molecule has 1 aliphatic rings. The summed E-state index contributed by atoms with van der Waals surface area (Å²) >= 11 is 0. The lowest BCUT2D eigenvalue weighted by molar-refractivity contribution is -0.384. The molecule has 5 N–H and O–H groups in total. The van der Waals surface area contributed by atoms with Gasteiger partial charge in [0.1, 0.15) is 30.1 Å². The molecule has 0 spiro atoms. The van der Waals surface area contributed by atoms with Crippen molar-refractivity contribution in [3.8, 4) is 5.75 Å². The minimum Gasteiger partial charge on any atom is -0.862 e. The smallest absolute Gasteiger partial charge is 0.269 e. The number of aliphatic hydroxyl groups is 3. The van der Waals surface area contributed by atoms with Crippen LogP contribution in [0.25, 0.3) is 0 Å². The molecule has 1 aromatic carbocycles. The Kier molecular flexibility index (Phi) is 7.21. The van der Waals surface area contributed by atoms with Gasteiger partial charge in [-0.25, -0.2) is 0 Å². The number of benzene rings is 1. The zero-order chi connectivity index (χ0) is 17.9. The second kappa shape index (κ2) is 8.69. The van der Waals surface area contributed by atoms with Crippen molar-refractivity contribution in [2.75, 3.05) is 6.61 Å². The molecule has 0 radical (unpaired) electrons. The third kappa shape index (κ3) is 4.84. The van der Waals surface area contributed by atoms with Crippen molar-refractivity contribution in [3.63, 3.8) is 0 Å². The van der Waals surface area contributed by atoms with E-state index in [9.17, 15) is 30.5 Å². The Morgan fingerprint density at radius 1 is 1.32 bits per heavy atom. The Bertz CT molecular complexity index is 603. The predicted molar refractivity (Wildman–Crippen MR) is 82.0 cm³/mol. The minimum atomic E-state index is -1.48. The molecule has 1 aliphatic heterocycles. The molecule has 140 valence electrons. The van der Waals surface area contributed by atoms with Gasteiger partial charge in [-0.05, 0) is 25.0 Å². The first-order valence-electron chi connectivity index (χ1n) is 7.08. The van der Waals surface area contributed by atoms with E-state index in [1.807, 2.05) is 0 Å². The van der Waals surface area contributed by atoms with E-state index in [1.54, 1.807) is 0 Å². The van der Waals surface area contributed by atoms with E-state index in [2.05, 4.69) is 4.99 Å². The third-order valence-electron chi connectivity index (χ3n) is 3.48. The molecule has 2 rings (SSSR count). The fourth-order valence-electron chi connectivity index (χ4n) is 2.29. The zero-order valence-electron chi connectivity index (χ0n) is 13.2. The van der Waals surface area contributed by atoms with Crippen LogP contribution in [0.2, 0.25) is 0 Å². The highest BCUT2D eigenvalue weighted by Gasteiger charge is 2.45. The SMILES string of the molecule is CC([O-])=N[C@H]1[C@H](Oc2ccc([N+](=O)[O-])cc2)O[C@H](CO)[C@H](O)[C@@H]1O.O. The van der Waals surface area contributed by atoms with Crippen molar-refractivity contribution in [2.45, 2.75) is 37.6 Å². The van der Waals surface area contributed by atoms with Crippen molar-refractivity contribution in [1.29, 1.82) is 0 Å². The van der Waals surface area contributed by atoms with Gasteiger partial charge in [0.25, 0.3) is 5.69 Å². The topological polar surface area (TPSA) is 189 Å². The highest BCUT2D eigenvalue weighted by atomic mass is 16.7. The largest absolute Gasteiger partial charge is 0.862 e. The standard InChI is InChI=1S/C14H18N2O8.H2O/c1-7(18)15-11-13(20)12(19)10(6-17)24-14(11)23-9-4-2-8(3-5-9)16(21)22;/h2-5,10-14,17,19-20H,6H2,1H3,(H,15,18);1H2/p-1/t10-,11-,12+,13-,14-;/m1./s1. The molecule has 1 heterocycles. The molecular formula is C14H19N2O9-. The van der Waals surface area contributed by atoms with E-state index in [-0.39, 0.29) is 16.9 Å². The number of nitro groups is 1. The Morgan fingerprint density at radius 2 is 1.92 bits per heavy atom. The maximum Gasteiger partial charge on any atom is 0.269 e. The third-order valence-corrected chi connectivity index (χ3v) is 3.48. The van der Waals surface area contributed by atoms with Gasteiger partial charge in [-0.2, -0.15) is 0 Å². The monoisotopic (exact) mass is 359 g/mol. The van der Waals surface area contributed by atoms with Crippen LogP contribution in [0, 0.1) is 10.1 Å². The van der Waals surface area contributed by atoms with Crippen LogP contribution in [0.5, 0.6) is 5.75 Å². The second-order valence-corrected chi connectivity index (χ2v) is 5.21. The van der Waals surface area contributed by atoms with Crippen LogP contribution in [0.15, 0.2) is 29.3 Å². The maximum absolute atomic E-state index is 11.2. The van der Waals surface area contributed by atoms with Gasteiger partial charge >= 0.3 is 0 Å². The first kappa shape index (κ1) is 20.7. The molecule has 0 saturated carbocycles. The van der Waals surface area contributed by atoms with Crippen LogP contribution in [-0.4, -0.2) is 68.9 Å². The zero-order valence-corrected chi connectivity index (χ0v) is 13.2. The van der Waals surface area contributed by atoms with Crippen molar-refractivity contribution in [1.82, 2.24) is 0 Å². The highest BCUT2D eigenvalue weighted by molar-refractivity contribution is 5.68. The van der Waals surface area contributed by atoms with Gasteiger partial charge in [0, 0.05) is 12.1 Å². The number of nitro benzene ring substituents is 1. The summed E-state index contributed by atoms with van der Waals surface area (Å²) in [6.07, 6.45) is -5.31. The second-order valence-electron chi connectivity index (χ2n) is 5.21. The van der Waals surface area contributed by atoms with Gasteiger partial charge in [-0.15, -0.1) is 0 Å². The van der Waals surface area contributed by atoms with Crippen LogP contribution >= 0.6 is 0 Å². The predicted octanol–water partition coefficient (Wildman–Crippen LogP) is -2.26. The van der Waals surface area contributed by atoms with E-state index >= 15 is 0 Å². The number of rotatable bonds is 5. The fraction of sp³-hybridized carbons (Fsp3) is 0.500. The van der Waals surface area contributed by atoms with E-state index in [0.29, 0.717) is 0 Å². The summed E-state index contributed by atoms with van der Waals surface area (Å²) < 4.78 is 10.8. The number of hydrogen-bond acceptors (Lipinski definition) is 9. The molecule has 1 fully saturated rings. The quantitative estimate of drug-likeness (QED) is 0.227. The Balaban J connectivity index is 0.00000312. The number of aliphatic hydroxyl groups excluding tert-OH is 3. The summed E-state index contributed by atoms with van der Waals surface area (Å²) in [5, 5.41) is 51.0. The molecule has 0 aliphatic carbocycles. The first-order chi connectivity index (χ1) is 11.3. The summed E-state index contributed by atoms with van der Waals surface area (Å²) in [6, 6.07) is 3.85. The van der Waals surface area contributed by atoms with Crippen molar-refractivity contribution < 1.29 is 40.3 Å². The molecule has 1 aromatic rings. The van der Waals surface area contributed by atoms with E-state index in [1.165, 1.54) is 31.2 Å². The van der Waals surface area contributed by atoms with Crippen LogP contribution in [-0.2, 0) is 4.74 Å². The molecule has 0 bridgehead atoms. The first-order valence-corrected chi connectivity index (χ1v) is 7.08. The number of nitrogens with zero attached hydrogens (tertiary/aromatic N) is 2. The van der Waals surface area contributed by atoms with Gasteiger partial charge in [0.05, 0.1) is 11.5 Å². The van der Waals surface area contributed by atoms with Crippen LogP contribution in [0.1, 0.15) is 6.92 Å². The summed E-state index contributed by atoms with van der Waals surface area (Å²) in [5.41, 5.74) is -0.138. The molecule has 1 saturated heterocycles. The summed E-state index contributed by atoms with van der Waals surface area (Å²) in [6.45, 7) is 0.589. The lowest BCUT2D eigenvalue weighted by atomic mass is 9.97. The van der Waals surface area contributed by atoms with Gasteiger partial charge in [0.2, 0.25) is 6.29 Å². The normalized spacial score (nSPS) is 29.6. The number of aliphatic imine (C=N–C) groups is 1. The summed E-state index contributed by atoms with van der Waals surface area (Å²) in [5.74, 6) is -0.427. The summed E-state index contributed by atoms with van der Waals surface area (Å²) in [4.78, 5) is 13.7. The Morgan fingerprint density at radius 3 is 2.40 bits per heavy atom. The fourth-order valence-corrected chi connectivity index (χ4v) is 2.29. The number of non-ortho nitro benzene ring substituents is 1. The average Bonchev–Trinajstić information content (AvgIpc) is 2.54. The average molecular weight is 359 g/mol. The van der Waals surface area contributed by atoms with E-state index < -0.39 is 48.1 Å². The number of hydrogen-bond donors (Lipinski definition) is 3. The van der Waals surface area contributed by atoms with Crippen LogP contribution in [0.3, 0.4) is 0 Å². The number of ether oxygens (including phenoxy) is 2. The van der Waals surface area contributed by atoms with Crippen LogP contribution in [0.4, 0.5) is 5.69 Å². The molecule has 25 heavy (non-hydrogen) atoms. The minimum absolute atomic E-state index is 0.